The van der Waals surface area contributed by atoms with E-state index in [1.54, 1.807) is 0 Å². The van der Waals surface area contributed by atoms with Crippen LogP contribution in [0.1, 0.15) is 40.2 Å². The first-order chi connectivity index (χ1) is 16.6. The summed E-state index contributed by atoms with van der Waals surface area (Å²) in [5.74, 6) is 0.0682. The molecule has 1 fully saturated rings. The number of ether oxygens (including phenoxy) is 2. The van der Waals surface area contributed by atoms with Gasteiger partial charge in [0.2, 0.25) is 0 Å². The maximum atomic E-state index is 13.4. The molecule has 3 aromatic rings. The maximum absolute atomic E-state index is 13.4. The SMILES string of the molecule is Cc1cc(C)cc(C2=CC3COCC(C2)N3C(=O)OCC2c3ccccc3-c3ccccc32)c1. The number of fused-ring (bicyclic) bond motifs is 5. The first kappa shape index (κ1) is 21.2. The fourth-order valence-electron chi connectivity index (χ4n) is 5.92. The van der Waals surface area contributed by atoms with E-state index in [4.69, 9.17) is 9.47 Å². The molecule has 172 valence electrons. The summed E-state index contributed by atoms with van der Waals surface area (Å²) in [5, 5.41) is 0. The molecule has 0 saturated carbocycles. The fraction of sp³-hybridized carbons (Fsp3) is 0.300. The standard InChI is InChI=1S/C30H29NO3/c1-19-11-20(2)13-21(12-19)22-14-23-16-33-17-24(15-22)31(23)30(32)34-18-29-27-9-5-3-7-25(27)26-8-4-6-10-28(26)29/h3-14,23-24,29H,15-18H2,1-2H3. The lowest BCUT2D eigenvalue weighted by Gasteiger charge is -2.44. The summed E-state index contributed by atoms with van der Waals surface area (Å²) in [6, 6.07) is 23.4. The number of hydrogen-bond donors (Lipinski definition) is 0. The van der Waals surface area contributed by atoms with Crippen molar-refractivity contribution in [2.75, 3.05) is 19.8 Å². The van der Waals surface area contributed by atoms with Gasteiger partial charge in [-0.05, 0) is 53.7 Å². The van der Waals surface area contributed by atoms with Gasteiger partial charge < -0.3 is 9.47 Å². The largest absolute Gasteiger partial charge is 0.448 e. The molecule has 4 nitrogen and oxygen atoms in total. The number of benzene rings is 3. The molecule has 1 amide bonds. The smallest absolute Gasteiger partial charge is 0.410 e. The average molecular weight is 452 g/mol. The van der Waals surface area contributed by atoms with Gasteiger partial charge in [-0.25, -0.2) is 4.79 Å². The van der Waals surface area contributed by atoms with Crippen molar-refractivity contribution < 1.29 is 14.3 Å². The zero-order valence-electron chi connectivity index (χ0n) is 19.7. The predicted octanol–water partition coefficient (Wildman–Crippen LogP) is 6.11. The fourth-order valence-corrected chi connectivity index (χ4v) is 5.92. The van der Waals surface area contributed by atoms with Crippen LogP contribution in [-0.4, -0.2) is 42.9 Å². The van der Waals surface area contributed by atoms with Crippen molar-refractivity contribution in [2.45, 2.75) is 38.3 Å². The zero-order chi connectivity index (χ0) is 23.2. The van der Waals surface area contributed by atoms with E-state index in [1.807, 2.05) is 4.90 Å². The molecule has 0 radical (unpaired) electrons. The summed E-state index contributed by atoms with van der Waals surface area (Å²) in [6.07, 6.45) is 2.74. The molecular weight excluding hydrogens is 422 g/mol. The van der Waals surface area contributed by atoms with E-state index < -0.39 is 0 Å². The second-order valence-electron chi connectivity index (χ2n) is 9.74. The van der Waals surface area contributed by atoms with Crippen LogP contribution >= 0.6 is 0 Å². The Hall–Kier alpha value is -3.37. The van der Waals surface area contributed by atoms with Crippen LogP contribution in [0.15, 0.2) is 72.8 Å². The molecule has 0 N–H and O–H groups in total. The van der Waals surface area contributed by atoms with Crippen molar-refractivity contribution in [3.05, 3.63) is 101 Å². The van der Waals surface area contributed by atoms with Crippen molar-refractivity contribution in [1.29, 1.82) is 0 Å². The van der Waals surface area contributed by atoms with Gasteiger partial charge >= 0.3 is 6.09 Å². The number of aryl methyl sites for hydroxylation is 2. The van der Waals surface area contributed by atoms with E-state index in [9.17, 15) is 4.79 Å². The molecule has 2 unspecified atom stereocenters. The van der Waals surface area contributed by atoms with Crippen LogP contribution in [0.3, 0.4) is 0 Å². The number of carbonyl (C=O) groups excluding carboxylic acids is 1. The maximum Gasteiger partial charge on any atom is 0.410 e. The Balaban J connectivity index is 1.22. The average Bonchev–Trinajstić information content (AvgIpc) is 3.15. The van der Waals surface area contributed by atoms with Gasteiger partial charge in [0.25, 0.3) is 0 Å². The third-order valence-corrected chi connectivity index (χ3v) is 7.34. The lowest BCUT2D eigenvalue weighted by atomic mass is 9.89. The Morgan fingerprint density at radius 2 is 1.59 bits per heavy atom. The minimum absolute atomic E-state index is 0.00443. The van der Waals surface area contributed by atoms with Crippen molar-refractivity contribution in [2.24, 2.45) is 0 Å². The molecule has 0 spiro atoms. The quantitative estimate of drug-likeness (QED) is 0.482. The van der Waals surface area contributed by atoms with E-state index in [-0.39, 0.29) is 24.1 Å². The number of nitrogens with zero attached hydrogens (tertiary/aromatic N) is 1. The van der Waals surface area contributed by atoms with Gasteiger partial charge in [-0.2, -0.15) is 0 Å². The highest BCUT2D eigenvalue weighted by Crippen LogP contribution is 2.44. The zero-order valence-corrected chi connectivity index (χ0v) is 19.7. The second-order valence-corrected chi connectivity index (χ2v) is 9.74. The van der Waals surface area contributed by atoms with Crippen LogP contribution in [0.25, 0.3) is 16.7 Å². The van der Waals surface area contributed by atoms with E-state index >= 15 is 0 Å². The molecule has 34 heavy (non-hydrogen) atoms. The number of morpholine rings is 1. The lowest BCUT2D eigenvalue weighted by molar-refractivity contribution is -0.0331. The summed E-state index contributed by atoms with van der Waals surface area (Å²) in [7, 11) is 0. The van der Waals surface area contributed by atoms with Gasteiger partial charge in [-0.3, -0.25) is 4.90 Å². The molecule has 0 aromatic heterocycles. The highest BCUT2D eigenvalue weighted by molar-refractivity contribution is 5.79. The van der Waals surface area contributed by atoms with E-state index in [1.165, 1.54) is 44.5 Å². The third kappa shape index (κ3) is 3.63. The van der Waals surface area contributed by atoms with Crippen LogP contribution in [0.2, 0.25) is 0 Å². The molecule has 4 heteroatoms. The Bertz CT molecular complexity index is 1230. The number of carbonyl (C=O) groups is 1. The van der Waals surface area contributed by atoms with Gasteiger partial charge in [-0.15, -0.1) is 0 Å². The monoisotopic (exact) mass is 451 g/mol. The Morgan fingerprint density at radius 1 is 0.941 bits per heavy atom. The summed E-state index contributed by atoms with van der Waals surface area (Å²) in [5.41, 5.74) is 10.0. The van der Waals surface area contributed by atoms with Crippen LogP contribution in [0.5, 0.6) is 0 Å². The van der Waals surface area contributed by atoms with Gasteiger partial charge in [0.05, 0.1) is 25.3 Å². The van der Waals surface area contributed by atoms with Gasteiger partial charge in [-0.1, -0.05) is 83.9 Å². The van der Waals surface area contributed by atoms with Crippen LogP contribution in [-0.2, 0) is 9.47 Å². The summed E-state index contributed by atoms with van der Waals surface area (Å²) in [4.78, 5) is 15.3. The highest BCUT2D eigenvalue weighted by Gasteiger charge is 2.40. The first-order valence-corrected chi connectivity index (χ1v) is 12.1. The second kappa shape index (κ2) is 8.44. The number of amides is 1. The Kier molecular flexibility index (Phi) is 5.26. The molecule has 2 heterocycles. The van der Waals surface area contributed by atoms with Crippen molar-refractivity contribution >= 4 is 11.7 Å². The lowest BCUT2D eigenvalue weighted by Crippen LogP contribution is -2.56. The minimum atomic E-state index is -0.240. The highest BCUT2D eigenvalue weighted by atomic mass is 16.6. The normalized spacial score (nSPS) is 21.0. The topological polar surface area (TPSA) is 38.8 Å². The molecule has 2 bridgehead atoms. The van der Waals surface area contributed by atoms with Gasteiger partial charge in [0.15, 0.2) is 0 Å². The molecule has 3 aromatic carbocycles. The molecular formula is C30H29NO3. The van der Waals surface area contributed by atoms with E-state index in [2.05, 4.69) is 86.7 Å². The van der Waals surface area contributed by atoms with E-state index in [0.29, 0.717) is 19.8 Å². The van der Waals surface area contributed by atoms with Crippen molar-refractivity contribution in [3.63, 3.8) is 0 Å². The molecule has 2 aliphatic heterocycles. The van der Waals surface area contributed by atoms with E-state index in [0.717, 1.165) is 6.42 Å². The number of rotatable bonds is 3. The molecule has 2 atom stereocenters. The summed E-state index contributed by atoms with van der Waals surface area (Å²) < 4.78 is 11.8. The third-order valence-electron chi connectivity index (χ3n) is 7.34. The summed E-state index contributed by atoms with van der Waals surface area (Å²) in [6.45, 7) is 5.66. The van der Waals surface area contributed by atoms with Crippen molar-refractivity contribution in [1.82, 2.24) is 4.90 Å². The first-order valence-electron chi connectivity index (χ1n) is 12.1. The minimum Gasteiger partial charge on any atom is -0.448 e. The molecule has 1 aliphatic carbocycles. The van der Waals surface area contributed by atoms with Crippen LogP contribution < -0.4 is 0 Å². The van der Waals surface area contributed by atoms with Gasteiger partial charge in [0, 0.05) is 5.92 Å². The molecule has 1 saturated heterocycles. The predicted molar refractivity (Wildman–Crippen MR) is 134 cm³/mol. The molecule has 3 aliphatic rings. The van der Waals surface area contributed by atoms with Gasteiger partial charge in [0.1, 0.15) is 6.61 Å². The summed E-state index contributed by atoms with van der Waals surface area (Å²) >= 11 is 0. The Labute approximate surface area is 200 Å². The van der Waals surface area contributed by atoms with Crippen molar-refractivity contribution in [3.8, 4) is 11.1 Å². The van der Waals surface area contributed by atoms with Crippen LogP contribution in [0.4, 0.5) is 4.79 Å². The number of hydrogen-bond acceptors (Lipinski definition) is 3. The molecule has 6 rings (SSSR count). The Morgan fingerprint density at radius 3 is 2.24 bits per heavy atom. The van der Waals surface area contributed by atoms with Crippen LogP contribution in [0, 0.1) is 13.8 Å².